The molecule has 0 unspecified atom stereocenters. The Kier molecular flexibility index (Phi) is 6.54. The number of hydrogen-bond donors (Lipinski definition) is 2. The lowest BCUT2D eigenvalue weighted by Gasteiger charge is -2.49. The summed E-state index contributed by atoms with van der Waals surface area (Å²) in [6.45, 7) is 0.444. The highest BCUT2D eigenvalue weighted by molar-refractivity contribution is 8.00. The van der Waals surface area contributed by atoms with Gasteiger partial charge in [0.1, 0.15) is 30.3 Å². The standard InChI is InChI=1S/C13H13Cl3N2O7S/c1-5(19)24-2-6-3-26-10-7(9(20)18(10)8(6)11(21)22)17-12(23)25-4-13(14,15)16/h7,10H,2-4H2,1H3,(H,17,23)(H,21,22)/t7-,10-/m1/s1. The molecule has 0 saturated carbocycles. The van der Waals surface area contributed by atoms with Crippen molar-refractivity contribution in [2.45, 2.75) is 22.1 Å². The lowest BCUT2D eigenvalue weighted by Crippen LogP contribution is -2.70. The molecule has 2 N–H and O–H groups in total. The van der Waals surface area contributed by atoms with Gasteiger partial charge in [0.25, 0.3) is 5.91 Å². The highest BCUT2D eigenvalue weighted by Gasteiger charge is 2.54. The SMILES string of the molecule is CC(=O)OCC1=C(C(=O)O)N2C(=O)[C@@H](NC(=O)OCC(Cl)(Cl)Cl)[C@H]2SC1. The van der Waals surface area contributed by atoms with E-state index in [1.807, 2.05) is 0 Å². The molecule has 2 aliphatic heterocycles. The number of carboxylic acid groups (broad SMARTS) is 1. The van der Waals surface area contributed by atoms with Crippen LogP contribution >= 0.6 is 46.6 Å². The normalized spacial score (nSPS) is 22.3. The van der Waals surface area contributed by atoms with Crippen LogP contribution in [0.2, 0.25) is 0 Å². The van der Waals surface area contributed by atoms with Crippen LogP contribution in [0, 0.1) is 0 Å². The number of carbonyl (C=O) groups excluding carboxylic acids is 3. The molecule has 0 spiro atoms. The van der Waals surface area contributed by atoms with Crippen molar-refractivity contribution in [1.82, 2.24) is 10.2 Å². The quantitative estimate of drug-likeness (QED) is 0.367. The number of amides is 2. The summed E-state index contributed by atoms with van der Waals surface area (Å²) >= 11 is 17.6. The molecule has 2 heterocycles. The van der Waals surface area contributed by atoms with Crippen molar-refractivity contribution in [2.24, 2.45) is 0 Å². The second kappa shape index (κ2) is 8.12. The lowest BCUT2D eigenvalue weighted by molar-refractivity contribution is -0.149. The van der Waals surface area contributed by atoms with E-state index in [1.165, 1.54) is 18.7 Å². The molecule has 1 fully saturated rings. The van der Waals surface area contributed by atoms with Crippen LogP contribution in [-0.4, -0.2) is 68.1 Å². The first-order chi connectivity index (χ1) is 12.0. The number of aliphatic carboxylic acids is 1. The third kappa shape index (κ3) is 4.87. The summed E-state index contributed by atoms with van der Waals surface area (Å²) in [5.74, 6) is -2.32. The van der Waals surface area contributed by atoms with E-state index in [0.717, 1.165) is 4.90 Å². The average molecular weight is 448 g/mol. The molecule has 0 radical (unpaired) electrons. The number of esters is 1. The van der Waals surface area contributed by atoms with Gasteiger partial charge in [0.05, 0.1) is 0 Å². The third-order valence-electron chi connectivity index (χ3n) is 3.34. The first kappa shape index (κ1) is 20.9. The van der Waals surface area contributed by atoms with E-state index in [1.54, 1.807) is 0 Å². The third-order valence-corrected chi connectivity index (χ3v) is 5.01. The Hall–Kier alpha value is -1.36. The largest absolute Gasteiger partial charge is 0.477 e. The molecule has 0 bridgehead atoms. The van der Waals surface area contributed by atoms with Gasteiger partial charge in [-0.2, -0.15) is 0 Å². The van der Waals surface area contributed by atoms with Crippen molar-refractivity contribution < 1.29 is 33.8 Å². The maximum atomic E-state index is 12.3. The van der Waals surface area contributed by atoms with Gasteiger partial charge >= 0.3 is 18.0 Å². The molecule has 0 aliphatic carbocycles. The maximum absolute atomic E-state index is 12.3. The van der Waals surface area contributed by atoms with Gasteiger partial charge in [0.15, 0.2) is 0 Å². The van der Waals surface area contributed by atoms with Crippen LogP contribution in [0.1, 0.15) is 6.92 Å². The van der Waals surface area contributed by atoms with Crippen LogP contribution < -0.4 is 5.32 Å². The van der Waals surface area contributed by atoms with Gasteiger partial charge in [-0.05, 0) is 0 Å². The summed E-state index contributed by atoms with van der Waals surface area (Å²) in [6, 6.07) is -0.979. The number of carboxylic acids is 1. The summed E-state index contributed by atoms with van der Waals surface area (Å²) in [5.41, 5.74) is 0.0345. The van der Waals surface area contributed by atoms with Crippen molar-refractivity contribution in [1.29, 1.82) is 0 Å². The second-order valence-electron chi connectivity index (χ2n) is 5.26. The first-order valence-corrected chi connectivity index (χ1v) is 9.23. The zero-order valence-electron chi connectivity index (χ0n) is 13.2. The van der Waals surface area contributed by atoms with Gasteiger partial charge in [-0.25, -0.2) is 9.59 Å². The number of hydrogen-bond acceptors (Lipinski definition) is 7. The van der Waals surface area contributed by atoms with E-state index in [-0.39, 0.29) is 18.1 Å². The average Bonchev–Trinajstić information content (AvgIpc) is 2.54. The zero-order chi connectivity index (χ0) is 19.6. The van der Waals surface area contributed by atoms with Crippen LogP contribution in [0.4, 0.5) is 4.79 Å². The van der Waals surface area contributed by atoms with Crippen molar-refractivity contribution in [3.63, 3.8) is 0 Å². The molecule has 2 amide bonds. The minimum atomic E-state index is -1.79. The minimum Gasteiger partial charge on any atom is -0.477 e. The minimum absolute atomic E-state index is 0.213. The van der Waals surface area contributed by atoms with Crippen LogP contribution in [0.25, 0.3) is 0 Å². The number of alkyl carbamates (subject to hydrolysis) is 1. The number of alkyl halides is 3. The summed E-state index contributed by atoms with van der Waals surface area (Å²) < 4.78 is 7.72. The Morgan fingerprint density at radius 3 is 2.54 bits per heavy atom. The van der Waals surface area contributed by atoms with Crippen LogP contribution in [0.5, 0.6) is 0 Å². The number of nitrogens with one attached hydrogen (secondary N) is 1. The number of carbonyl (C=O) groups is 4. The topological polar surface area (TPSA) is 122 Å². The number of nitrogens with zero attached hydrogens (tertiary/aromatic N) is 1. The first-order valence-electron chi connectivity index (χ1n) is 7.04. The number of thioether (sulfide) groups is 1. The fraction of sp³-hybridized carbons (Fsp3) is 0.538. The molecule has 0 aromatic rings. The van der Waals surface area contributed by atoms with Crippen molar-refractivity contribution >= 4 is 70.5 Å². The van der Waals surface area contributed by atoms with Gasteiger partial charge in [-0.3, -0.25) is 14.5 Å². The van der Waals surface area contributed by atoms with Crippen molar-refractivity contribution in [3.05, 3.63) is 11.3 Å². The van der Waals surface area contributed by atoms with E-state index in [0.29, 0.717) is 5.57 Å². The van der Waals surface area contributed by atoms with Crippen molar-refractivity contribution in [3.8, 4) is 0 Å². The van der Waals surface area contributed by atoms with E-state index in [4.69, 9.17) is 39.5 Å². The zero-order valence-corrected chi connectivity index (χ0v) is 16.2. The molecule has 0 aromatic carbocycles. The Morgan fingerprint density at radius 1 is 1.35 bits per heavy atom. The molecule has 2 atom stereocenters. The number of ether oxygens (including phenoxy) is 2. The van der Waals surface area contributed by atoms with E-state index in [2.05, 4.69) is 10.1 Å². The molecular weight excluding hydrogens is 435 g/mol. The van der Waals surface area contributed by atoms with E-state index in [9.17, 15) is 24.3 Å². The molecule has 144 valence electrons. The number of β-lactam (4-membered cyclic amide) rings is 1. The molecule has 9 nitrogen and oxygen atoms in total. The Morgan fingerprint density at radius 2 is 2.00 bits per heavy atom. The number of halogens is 3. The Balaban J connectivity index is 2.05. The molecule has 2 aliphatic rings. The second-order valence-corrected chi connectivity index (χ2v) is 8.88. The van der Waals surface area contributed by atoms with Crippen molar-refractivity contribution in [2.75, 3.05) is 19.0 Å². The monoisotopic (exact) mass is 446 g/mol. The summed E-state index contributed by atoms with van der Waals surface area (Å²) in [5, 5.41) is 11.1. The highest BCUT2D eigenvalue weighted by atomic mass is 35.6. The molecule has 1 saturated heterocycles. The van der Waals surface area contributed by atoms with Gasteiger partial charge < -0.3 is 19.9 Å². The predicted molar refractivity (Wildman–Crippen MR) is 92.9 cm³/mol. The predicted octanol–water partition coefficient (Wildman–Crippen LogP) is 1.27. The molecule has 13 heteroatoms. The van der Waals surface area contributed by atoms with E-state index < -0.39 is 45.8 Å². The van der Waals surface area contributed by atoms with Gasteiger partial charge in [-0.1, -0.05) is 34.8 Å². The Bertz CT molecular complexity index is 679. The van der Waals surface area contributed by atoms with Crippen LogP contribution in [0.3, 0.4) is 0 Å². The van der Waals surface area contributed by atoms with Crippen LogP contribution in [-0.2, 0) is 23.9 Å². The molecule has 0 aromatic heterocycles. The van der Waals surface area contributed by atoms with E-state index >= 15 is 0 Å². The summed E-state index contributed by atoms with van der Waals surface area (Å²) in [6.07, 6.45) is -0.971. The smallest absolute Gasteiger partial charge is 0.408 e. The molecule has 2 rings (SSSR count). The maximum Gasteiger partial charge on any atom is 0.408 e. The lowest BCUT2D eigenvalue weighted by atomic mass is 10.0. The molecule has 26 heavy (non-hydrogen) atoms. The van der Waals surface area contributed by atoms with Crippen LogP contribution in [0.15, 0.2) is 11.3 Å². The number of fused-ring (bicyclic) bond motifs is 1. The fourth-order valence-corrected chi connectivity index (χ4v) is 3.79. The Labute approximate surface area is 166 Å². The van der Waals surface area contributed by atoms with Gasteiger partial charge in [-0.15, -0.1) is 11.8 Å². The summed E-state index contributed by atoms with van der Waals surface area (Å²) in [4.78, 5) is 47.5. The van der Waals surface area contributed by atoms with Gasteiger partial charge in [0.2, 0.25) is 3.79 Å². The molecular formula is C13H13Cl3N2O7S. The fourth-order valence-electron chi connectivity index (χ4n) is 2.30. The number of rotatable bonds is 5. The summed E-state index contributed by atoms with van der Waals surface area (Å²) in [7, 11) is 0. The highest BCUT2D eigenvalue weighted by Crippen LogP contribution is 2.40. The van der Waals surface area contributed by atoms with Gasteiger partial charge in [0, 0.05) is 18.2 Å².